The van der Waals surface area contributed by atoms with Gasteiger partial charge in [0, 0.05) is 69.7 Å². The quantitative estimate of drug-likeness (QED) is 0.514. The average molecular weight is 529 g/mol. The maximum Gasteiger partial charge on any atom is 0.416 e. The lowest BCUT2D eigenvalue weighted by atomic mass is 10.0. The molecule has 37 heavy (non-hydrogen) atoms. The van der Waals surface area contributed by atoms with Crippen LogP contribution in [0.4, 0.5) is 37.7 Å². The number of amides is 1. The molecule has 0 bridgehead atoms. The summed E-state index contributed by atoms with van der Waals surface area (Å²) in [5.41, 5.74) is 0.0528. The number of carbonyl (C=O) groups is 1. The van der Waals surface area contributed by atoms with Crippen molar-refractivity contribution in [3.63, 3.8) is 0 Å². The van der Waals surface area contributed by atoms with Crippen molar-refractivity contribution < 1.29 is 31.1 Å². The molecule has 2 fully saturated rings. The van der Waals surface area contributed by atoms with Gasteiger partial charge in [-0.15, -0.1) is 0 Å². The Morgan fingerprint density at radius 1 is 0.757 bits per heavy atom. The zero-order chi connectivity index (χ0) is 26.6. The van der Waals surface area contributed by atoms with Crippen molar-refractivity contribution in [3.8, 4) is 0 Å². The van der Waals surface area contributed by atoms with E-state index in [1.807, 2.05) is 9.80 Å². The minimum absolute atomic E-state index is 0.0816. The van der Waals surface area contributed by atoms with E-state index >= 15 is 0 Å². The Balaban J connectivity index is 1.15. The van der Waals surface area contributed by atoms with Gasteiger partial charge in [-0.2, -0.15) is 26.3 Å². The Hall–Kier alpha value is -2.95. The van der Waals surface area contributed by atoms with Crippen LogP contribution in [-0.4, -0.2) is 67.6 Å². The van der Waals surface area contributed by atoms with Crippen LogP contribution in [0.2, 0.25) is 0 Å². The van der Waals surface area contributed by atoms with Gasteiger partial charge in [0.25, 0.3) is 0 Å². The van der Waals surface area contributed by atoms with Crippen molar-refractivity contribution in [2.45, 2.75) is 37.7 Å². The Morgan fingerprint density at radius 3 is 1.78 bits per heavy atom. The summed E-state index contributed by atoms with van der Waals surface area (Å²) in [6.07, 6.45) is -6.86. The molecule has 0 spiro atoms. The minimum atomic E-state index is -4.36. The van der Waals surface area contributed by atoms with Crippen LogP contribution >= 0.6 is 0 Å². The van der Waals surface area contributed by atoms with E-state index in [2.05, 4.69) is 10.2 Å². The number of likely N-dealkylation sites (tertiary alicyclic amines) is 1. The fraction of sp³-hybridized carbons (Fsp3) is 0.500. The molecule has 2 aromatic rings. The molecule has 0 aliphatic carbocycles. The number of benzene rings is 2. The zero-order valence-electron chi connectivity index (χ0n) is 20.3. The minimum Gasteiger partial charge on any atom is -0.382 e. The van der Waals surface area contributed by atoms with E-state index in [0.29, 0.717) is 44.8 Å². The maximum absolute atomic E-state index is 12.8. The van der Waals surface area contributed by atoms with E-state index in [9.17, 15) is 31.1 Å². The van der Waals surface area contributed by atoms with Gasteiger partial charge in [0.05, 0.1) is 11.1 Å². The predicted molar refractivity (Wildman–Crippen MR) is 129 cm³/mol. The number of alkyl halides is 6. The Labute approximate surface area is 212 Å². The molecule has 11 heteroatoms. The third kappa shape index (κ3) is 7.30. The summed E-state index contributed by atoms with van der Waals surface area (Å²) < 4.78 is 76.4. The number of rotatable bonds is 6. The second-order valence-electron chi connectivity index (χ2n) is 9.50. The van der Waals surface area contributed by atoms with Crippen molar-refractivity contribution in [2.75, 3.05) is 56.0 Å². The number of anilines is 2. The van der Waals surface area contributed by atoms with Crippen molar-refractivity contribution >= 4 is 17.3 Å². The summed E-state index contributed by atoms with van der Waals surface area (Å²) in [5.74, 6) is 0.0816. The highest BCUT2D eigenvalue weighted by Gasteiger charge is 2.31. The summed E-state index contributed by atoms with van der Waals surface area (Å²) >= 11 is 0. The Morgan fingerprint density at radius 2 is 1.27 bits per heavy atom. The van der Waals surface area contributed by atoms with Crippen LogP contribution in [0.25, 0.3) is 0 Å². The van der Waals surface area contributed by atoms with Crippen LogP contribution in [0.3, 0.4) is 0 Å². The number of carbonyl (C=O) groups excluding carboxylic acids is 1. The molecule has 2 aliphatic rings. The van der Waals surface area contributed by atoms with Crippen LogP contribution < -0.4 is 10.2 Å². The summed E-state index contributed by atoms with van der Waals surface area (Å²) in [6, 6.07) is 10.3. The van der Waals surface area contributed by atoms with Crippen LogP contribution in [0.1, 0.15) is 30.4 Å². The van der Waals surface area contributed by atoms with Gasteiger partial charge in [0.1, 0.15) is 0 Å². The smallest absolute Gasteiger partial charge is 0.382 e. The first kappa shape index (κ1) is 27.1. The molecule has 2 aromatic carbocycles. The highest BCUT2D eigenvalue weighted by molar-refractivity contribution is 5.76. The largest absolute Gasteiger partial charge is 0.416 e. The molecule has 0 radical (unpaired) electrons. The van der Waals surface area contributed by atoms with Crippen LogP contribution in [0.15, 0.2) is 48.5 Å². The van der Waals surface area contributed by atoms with Crippen LogP contribution in [-0.2, 0) is 17.1 Å². The number of nitrogens with one attached hydrogen (secondary N) is 1. The molecular formula is C26H30F6N4O. The molecule has 2 aliphatic heterocycles. The zero-order valence-corrected chi connectivity index (χ0v) is 20.3. The van der Waals surface area contributed by atoms with Crippen molar-refractivity contribution in [3.05, 3.63) is 59.7 Å². The number of piperazine rings is 1. The van der Waals surface area contributed by atoms with Gasteiger partial charge < -0.3 is 15.1 Å². The molecule has 0 saturated carbocycles. The molecule has 0 atom stereocenters. The topological polar surface area (TPSA) is 38.8 Å². The van der Waals surface area contributed by atoms with Gasteiger partial charge in [0.2, 0.25) is 5.91 Å². The van der Waals surface area contributed by atoms with Crippen molar-refractivity contribution in [1.29, 1.82) is 0 Å². The third-order valence-corrected chi connectivity index (χ3v) is 7.00. The maximum atomic E-state index is 12.8. The lowest BCUT2D eigenvalue weighted by molar-refractivity contribution is -0.138. The molecular weight excluding hydrogens is 498 g/mol. The van der Waals surface area contributed by atoms with Gasteiger partial charge in [-0.25, -0.2) is 0 Å². The number of hydrogen-bond donors (Lipinski definition) is 1. The van der Waals surface area contributed by atoms with Gasteiger partial charge >= 0.3 is 12.4 Å². The SMILES string of the molecule is O=C(CCN1CCN(c2ccc(C(F)(F)F)cc2)CC1)N1CCC(Nc2ccc(C(F)(F)F)cc2)CC1. The Bertz CT molecular complexity index is 1020. The Kier molecular flexibility index (Phi) is 8.20. The van der Waals surface area contributed by atoms with Gasteiger partial charge in [-0.05, 0) is 61.4 Å². The lowest BCUT2D eigenvalue weighted by Gasteiger charge is -2.37. The van der Waals surface area contributed by atoms with Crippen LogP contribution in [0, 0.1) is 0 Å². The third-order valence-electron chi connectivity index (χ3n) is 7.00. The fourth-order valence-electron chi connectivity index (χ4n) is 4.77. The normalized spacial score (nSPS) is 18.2. The van der Waals surface area contributed by atoms with E-state index < -0.39 is 23.5 Å². The molecule has 2 heterocycles. The molecule has 1 amide bonds. The summed E-state index contributed by atoms with van der Waals surface area (Å²) in [4.78, 5) is 18.8. The fourth-order valence-corrected chi connectivity index (χ4v) is 4.77. The average Bonchev–Trinajstić information content (AvgIpc) is 2.87. The predicted octanol–water partition coefficient (Wildman–Crippen LogP) is 5.34. The summed E-state index contributed by atoms with van der Waals surface area (Å²) in [5, 5.41) is 3.26. The summed E-state index contributed by atoms with van der Waals surface area (Å²) in [7, 11) is 0. The molecule has 0 unspecified atom stereocenters. The van der Waals surface area contributed by atoms with Gasteiger partial charge in [0.15, 0.2) is 0 Å². The molecule has 1 N–H and O–H groups in total. The van der Waals surface area contributed by atoms with E-state index in [-0.39, 0.29) is 11.9 Å². The molecule has 4 rings (SSSR count). The lowest BCUT2D eigenvalue weighted by Crippen LogP contribution is -2.48. The highest BCUT2D eigenvalue weighted by atomic mass is 19.4. The van der Waals surface area contributed by atoms with E-state index in [0.717, 1.165) is 55.9 Å². The second-order valence-corrected chi connectivity index (χ2v) is 9.50. The number of hydrogen-bond acceptors (Lipinski definition) is 4. The molecule has 202 valence electrons. The molecule has 0 aromatic heterocycles. The van der Waals surface area contributed by atoms with E-state index in [1.165, 1.54) is 24.3 Å². The first-order chi connectivity index (χ1) is 17.5. The number of piperidine rings is 1. The van der Waals surface area contributed by atoms with E-state index in [4.69, 9.17) is 0 Å². The van der Waals surface area contributed by atoms with Crippen LogP contribution in [0.5, 0.6) is 0 Å². The standard InChI is InChI=1S/C26H30F6N4O/c27-25(28,29)19-1-5-21(6-2-19)33-22-9-13-36(14-10-22)24(37)11-12-34-15-17-35(18-16-34)23-7-3-20(4-8-23)26(30,31)32/h1-8,22,33H,9-18H2. The summed E-state index contributed by atoms with van der Waals surface area (Å²) in [6.45, 7) is 4.64. The molecule has 5 nitrogen and oxygen atoms in total. The van der Waals surface area contributed by atoms with Crippen molar-refractivity contribution in [1.82, 2.24) is 9.80 Å². The number of nitrogens with zero attached hydrogens (tertiary/aromatic N) is 3. The molecule has 2 saturated heterocycles. The number of halogens is 6. The second kappa shape index (κ2) is 11.2. The first-order valence-corrected chi connectivity index (χ1v) is 12.4. The van der Waals surface area contributed by atoms with Gasteiger partial charge in [-0.1, -0.05) is 0 Å². The monoisotopic (exact) mass is 528 g/mol. The van der Waals surface area contributed by atoms with E-state index in [1.54, 1.807) is 0 Å². The first-order valence-electron chi connectivity index (χ1n) is 12.4. The van der Waals surface area contributed by atoms with Crippen molar-refractivity contribution in [2.24, 2.45) is 0 Å². The van der Waals surface area contributed by atoms with Gasteiger partial charge in [-0.3, -0.25) is 9.69 Å². The highest BCUT2D eigenvalue weighted by Crippen LogP contribution is 2.31.